The Morgan fingerprint density at radius 2 is 1.85 bits per heavy atom. The lowest BCUT2D eigenvalue weighted by Crippen LogP contribution is -2.38. The van der Waals surface area contributed by atoms with Gasteiger partial charge in [-0.25, -0.2) is 4.79 Å². The molecule has 0 bridgehead atoms. The van der Waals surface area contributed by atoms with E-state index in [1.54, 1.807) is 0 Å². The summed E-state index contributed by atoms with van der Waals surface area (Å²) in [5.74, 6) is 0. The Bertz CT molecular complexity index is 511. The third kappa shape index (κ3) is 2.37. The zero-order valence-electron chi connectivity index (χ0n) is 11.7. The first-order chi connectivity index (χ1) is 9.86. The Balaban J connectivity index is 2.01. The number of morpholine rings is 1. The fourth-order valence-corrected chi connectivity index (χ4v) is 3.44. The maximum atomic E-state index is 10.9. The van der Waals surface area contributed by atoms with Crippen LogP contribution in [0.1, 0.15) is 31.2 Å². The molecule has 1 heterocycles. The molecule has 2 fully saturated rings. The van der Waals surface area contributed by atoms with E-state index in [0.29, 0.717) is 0 Å². The van der Waals surface area contributed by atoms with Crippen LogP contribution in [0.15, 0.2) is 29.3 Å². The molecule has 0 radical (unpaired) electrons. The van der Waals surface area contributed by atoms with Gasteiger partial charge in [-0.1, -0.05) is 31.0 Å². The quantitative estimate of drug-likeness (QED) is 0.627. The molecule has 3 rings (SSSR count). The smallest absolute Gasteiger partial charge is 0.235 e. The monoisotopic (exact) mass is 272 g/mol. The van der Waals surface area contributed by atoms with Crippen LogP contribution in [0.5, 0.6) is 0 Å². The van der Waals surface area contributed by atoms with Crippen molar-refractivity contribution >= 4 is 11.8 Å². The SMILES string of the molecule is O=C=NC1(c2ccccc2N2CCOCC2)CCCC1. The van der Waals surface area contributed by atoms with Gasteiger partial charge in [-0.05, 0) is 18.9 Å². The van der Waals surface area contributed by atoms with E-state index < -0.39 is 0 Å². The van der Waals surface area contributed by atoms with Crippen LogP contribution in [-0.4, -0.2) is 32.4 Å². The van der Waals surface area contributed by atoms with Crippen molar-refractivity contribution in [3.8, 4) is 0 Å². The average Bonchev–Trinajstić information content (AvgIpc) is 2.98. The zero-order chi connectivity index (χ0) is 13.8. The Labute approximate surface area is 119 Å². The van der Waals surface area contributed by atoms with E-state index in [-0.39, 0.29) is 5.54 Å². The number of ether oxygens (including phenoxy) is 1. The normalized spacial score (nSPS) is 21.5. The summed E-state index contributed by atoms with van der Waals surface area (Å²) in [6.45, 7) is 3.33. The van der Waals surface area contributed by atoms with E-state index in [4.69, 9.17) is 4.74 Å². The third-order valence-corrected chi connectivity index (χ3v) is 4.45. The molecular formula is C16H20N2O2. The minimum absolute atomic E-state index is 0.351. The number of isocyanates is 1. The molecule has 0 amide bonds. The van der Waals surface area contributed by atoms with Crippen LogP contribution in [0.25, 0.3) is 0 Å². The number of benzene rings is 1. The highest BCUT2D eigenvalue weighted by Crippen LogP contribution is 2.45. The predicted octanol–water partition coefficient (Wildman–Crippen LogP) is 2.63. The summed E-state index contributed by atoms with van der Waals surface area (Å²) in [6.07, 6.45) is 5.96. The molecule has 4 nitrogen and oxygen atoms in total. The van der Waals surface area contributed by atoms with E-state index in [2.05, 4.69) is 28.1 Å². The van der Waals surface area contributed by atoms with E-state index in [0.717, 1.165) is 52.0 Å². The molecule has 1 aromatic rings. The highest BCUT2D eigenvalue weighted by molar-refractivity contribution is 5.58. The maximum Gasteiger partial charge on any atom is 0.235 e. The molecule has 0 spiro atoms. The molecule has 1 saturated heterocycles. The van der Waals surface area contributed by atoms with Crippen molar-refractivity contribution in [1.82, 2.24) is 0 Å². The third-order valence-electron chi connectivity index (χ3n) is 4.45. The molecule has 1 aliphatic heterocycles. The highest BCUT2D eigenvalue weighted by Gasteiger charge is 2.38. The number of para-hydroxylation sites is 1. The molecule has 0 aromatic heterocycles. The second kappa shape index (κ2) is 5.78. The van der Waals surface area contributed by atoms with Gasteiger partial charge in [0.2, 0.25) is 6.08 Å². The molecular weight excluding hydrogens is 252 g/mol. The standard InChI is InChI=1S/C16H20N2O2/c19-13-17-16(7-3-4-8-16)14-5-1-2-6-15(14)18-9-11-20-12-10-18/h1-2,5-6H,3-4,7-12H2. The van der Waals surface area contributed by atoms with Crippen molar-refractivity contribution in [3.05, 3.63) is 29.8 Å². The van der Waals surface area contributed by atoms with Gasteiger partial charge in [-0.15, -0.1) is 0 Å². The number of anilines is 1. The lowest BCUT2D eigenvalue weighted by molar-refractivity contribution is 0.122. The summed E-state index contributed by atoms with van der Waals surface area (Å²) in [5, 5.41) is 0. The number of aliphatic imine (C=N–C) groups is 1. The average molecular weight is 272 g/mol. The van der Waals surface area contributed by atoms with Gasteiger partial charge >= 0.3 is 0 Å². The molecule has 1 aromatic carbocycles. The summed E-state index contributed by atoms with van der Waals surface area (Å²) >= 11 is 0. The molecule has 106 valence electrons. The summed E-state index contributed by atoms with van der Waals surface area (Å²) < 4.78 is 5.43. The molecule has 0 atom stereocenters. The van der Waals surface area contributed by atoms with Crippen molar-refractivity contribution in [3.63, 3.8) is 0 Å². The molecule has 2 aliphatic rings. The van der Waals surface area contributed by atoms with E-state index in [9.17, 15) is 4.79 Å². The van der Waals surface area contributed by atoms with Gasteiger partial charge in [-0.2, -0.15) is 4.99 Å². The molecule has 1 saturated carbocycles. The predicted molar refractivity (Wildman–Crippen MR) is 77.7 cm³/mol. The summed E-state index contributed by atoms with van der Waals surface area (Å²) in [7, 11) is 0. The number of carbonyl (C=O) groups excluding carboxylic acids is 1. The van der Waals surface area contributed by atoms with Gasteiger partial charge < -0.3 is 9.64 Å². The van der Waals surface area contributed by atoms with Gasteiger partial charge in [0.25, 0.3) is 0 Å². The topological polar surface area (TPSA) is 41.9 Å². The number of hydrogen-bond acceptors (Lipinski definition) is 4. The van der Waals surface area contributed by atoms with Crippen LogP contribution >= 0.6 is 0 Å². The van der Waals surface area contributed by atoms with Crippen molar-refractivity contribution in [2.75, 3.05) is 31.2 Å². The Hall–Kier alpha value is -1.64. The highest BCUT2D eigenvalue weighted by atomic mass is 16.5. The maximum absolute atomic E-state index is 10.9. The summed E-state index contributed by atoms with van der Waals surface area (Å²) in [5.41, 5.74) is 2.04. The largest absolute Gasteiger partial charge is 0.378 e. The fourth-order valence-electron chi connectivity index (χ4n) is 3.44. The first-order valence-corrected chi connectivity index (χ1v) is 7.37. The van der Waals surface area contributed by atoms with Gasteiger partial charge in [0.15, 0.2) is 0 Å². The zero-order valence-corrected chi connectivity index (χ0v) is 11.7. The van der Waals surface area contributed by atoms with Crippen LogP contribution in [0.2, 0.25) is 0 Å². The van der Waals surface area contributed by atoms with Crippen LogP contribution in [0.4, 0.5) is 5.69 Å². The van der Waals surface area contributed by atoms with E-state index in [1.807, 2.05) is 12.1 Å². The van der Waals surface area contributed by atoms with Gasteiger partial charge in [0, 0.05) is 24.3 Å². The number of hydrogen-bond donors (Lipinski definition) is 0. The first-order valence-electron chi connectivity index (χ1n) is 7.37. The second-order valence-electron chi connectivity index (χ2n) is 5.56. The van der Waals surface area contributed by atoms with Crippen molar-refractivity contribution in [1.29, 1.82) is 0 Å². The van der Waals surface area contributed by atoms with Gasteiger partial charge in [-0.3, -0.25) is 0 Å². The molecule has 0 unspecified atom stereocenters. The lowest BCUT2D eigenvalue weighted by Gasteiger charge is -2.34. The van der Waals surface area contributed by atoms with Crippen LogP contribution in [-0.2, 0) is 15.1 Å². The fraction of sp³-hybridized carbons (Fsp3) is 0.562. The van der Waals surface area contributed by atoms with E-state index >= 15 is 0 Å². The lowest BCUT2D eigenvalue weighted by atomic mass is 9.87. The van der Waals surface area contributed by atoms with Gasteiger partial charge in [0.1, 0.15) is 5.54 Å². The van der Waals surface area contributed by atoms with Crippen molar-refractivity contribution in [2.24, 2.45) is 4.99 Å². The number of rotatable bonds is 3. The Kier molecular flexibility index (Phi) is 3.86. The van der Waals surface area contributed by atoms with E-state index in [1.165, 1.54) is 11.3 Å². The molecule has 4 heteroatoms. The Morgan fingerprint density at radius 3 is 2.55 bits per heavy atom. The summed E-state index contributed by atoms with van der Waals surface area (Å²) in [6, 6.07) is 8.36. The van der Waals surface area contributed by atoms with Crippen LogP contribution in [0.3, 0.4) is 0 Å². The van der Waals surface area contributed by atoms with Crippen LogP contribution in [0, 0.1) is 0 Å². The molecule has 1 aliphatic carbocycles. The second-order valence-corrected chi connectivity index (χ2v) is 5.56. The van der Waals surface area contributed by atoms with Crippen LogP contribution < -0.4 is 4.90 Å². The minimum Gasteiger partial charge on any atom is -0.378 e. The first kappa shape index (κ1) is 13.3. The Morgan fingerprint density at radius 1 is 1.15 bits per heavy atom. The number of nitrogens with zero attached hydrogens (tertiary/aromatic N) is 2. The molecule has 0 N–H and O–H groups in total. The minimum atomic E-state index is -0.351. The van der Waals surface area contributed by atoms with Crippen molar-refractivity contribution < 1.29 is 9.53 Å². The van der Waals surface area contributed by atoms with Crippen molar-refractivity contribution in [2.45, 2.75) is 31.2 Å². The molecule has 20 heavy (non-hydrogen) atoms. The van der Waals surface area contributed by atoms with Gasteiger partial charge in [0.05, 0.1) is 13.2 Å². The summed E-state index contributed by atoms with van der Waals surface area (Å²) in [4.78, 5) is 17.5.